The van der Waals surface area contributed by atoms with Crippen LogP contribution in [-0.2, 0) is 14.2 Å². The Hall–Kier alpha value is -5.24. The minimum Gasteiger partial charge on any atom is -0.505 e. The highest BCUT2D eigenvalue weighted by Crippen LogP contribution is 2.40. The van der Waals surface area contributed by atoms with E-state index >= 15 is 0 Å². The number of ether oxygens (including phenoxy) is 4. The second kappa shape index (κ2) is 13.1. The summed E-state index contributed by atoms with van der Waals surface area (Å²) in [4.78, 5) is 53.5. The Bertz CT molecular complexity index is 1880. The second-order valence-corrected chi connectivity index (χ2v) is 12.1. The quantitative estimate of drug-likeness (QED) is 0.190. The Morgan fingerprint density at radius 1 is 0.896 bits per heavy atom. The van der Waals surface area contributed by atoms with E-state index in [0.29, 0.717) is 4.90 Å². The fraction of sp³-hybridized carbons (Fsp3) is 0.314. The molecule has 48 heavy (non-hydrogen) atoms. The minimum absolute atomic E-state index is 0.00677. The molecule has 252 valence electrons. The maximum Gasteiger partial charge on any atom is 0.404 e. The third-order valence-corrected chi connectivity index (χ3v) is 8.22. The number of hydrogen-bond acceptors (Lipinski definition) is 11. The van der Waals surface area contributed by atoms with Crippen LogP contribution in [0.15, 0.2) is 69.9 Å². The number of imide groups is 1. The van der Waals surface area contributed by atoms with Crippen LogP contribution in [-0.4, -0.2) is 65.4 Å². The minimum atomic E-state index is -1.55. The molecule has 13 heteroatoms. The smallest absolute Gasteiger partial charge is 0.404 e. The van der Waals surface area contributed by atoms with E-state index in [2.05, 4.69) is 0 Å². The van der Waals surface area contributed by atoms with Gasteiger partial charge in [-0.1, -0.05) is 35.4 Å². The first-order valence-electron chi connectivity index (χ1n) is 15.0. The number of carbonyl (C=O) groups is 3. The molecule has 4 atom stereocenters. The van der Waals surface area contributed by atoms with Crippen LogP contribution in [0.25, 0.3) is 11.0 Å². The second-order valence-electron chi connectivity index (χ2n) is 12.1. The molecule has 3 amide bonds. The molecule has 1 aliphatic rings. The van der Waals surface area contributed by atoms with Crippen molar-refractivity contribution in [3.63, 3.8) is 0 Å². The Morgan fingerprint density at radius 3 is 1.94 bits per heavy atom. The number of fused-ring (bicyclic) bond motifs is 1. The van der Waals surface area contributed by atoms with Crippen molar-refractivity contribution in [1.82, 2.24) is 0 Å². The van der Waals surface area contributed by atoms with Gasteiger partial charge in [0.2, 0.25) is 6.29 Å². The highest BCUT2D eigenvalue weighted by atomic mass is 16.7. The topological polar surface area (TPSA) is 188 Å². The van der Waals surface area contributed by atoms with Crippen LogP contribution in [0.5, 0.6) is 11.5 Å². The van der Waals surface area contributed by atoms with Gasteiger partial charge in [-0.3, -0.25) is 9.59 Å². The zero-order chi connectivity index (χ0) is 35.1. The van der Waals surface area contributed by atoms with E-state index in [1.54, 1.807) is 38.1 Å². The lowest BCUT2D eigenvalue weighted by molar-refractivity contribution is -0.304. The van der Waals surface area contributed by atoms with Crippen LogP contribution in [0, 0.1) is 20.8 Å². The lowest BCUT2D eigenvalue weighted by Gasteiger charge is -2.47. The highest BCUT2D eigenvalue weighted by Gasteiger charge is 2.53. The fourth-order valence-corrected chi connectivity index (χ4v) is 5.70. The molecular formula is C35H36N2O11. The van der Waals surface area contributed by atoms with Crippen molar-refractivity contribution in [2.45, 2.75) is 64.8 Å². The van der Waals surface area contributed by atoms with Gasteiger partial charge in [0.15, 0.2) is 23.6 Å². The SMILES string of the molecule is CO[C@@H]1[C@@H](OC(N)=O)[C@@H](O)[C@H](Oc2ccc3c(O)c(N(C(=O)c4ccc(C)cc4)C(=O)c4ccc(C)cc4)c(=O)oc3c2C)OC1(C)C. The van der Waals surface area contributed by atoms with Crippen molar-refractivity contribution in [1.29, 1.82) is 0 Å². The standard InChI is InChI=1S/C35H36N2O11/c1-17-7-11-20(12-8-17)30(40)37(31(41)21-13-9-18(2)10-14-21)24-25(38)22-15-16-23(19(3)27(22)46-32(24)42)45-33-26(39)28(47-34(36)43)29(44-6)35(4,5)48-33/h7-16,26,28-29,33,38-39H,1-6H3,(H2,36,43)/t26-,28+,29-,33-/m1/s1. The van der Waals surface area contributed by atoms with Gasteiger partial charge in [0.05, 0.1) is 11.0 Å². The summed E-state index contributed by atoms with van der Waals surface area (Å²) in [5, 5.41) is 22.5. The van der Waals surface area contributed by atoms with E-state index in [0.717, 1.165) is 11.1 Å². The molecule has 0 bridgehead atoms. The summed E-state index contributed by atoms with van der Waals surface area (Å²) in [6.07, 6.45) is -6.25. The highest BCUT2D eigenvalue weighted by molar-refractivity contribution is 6.26. The van der Waals surface area contributed by atoms with Crippen molar-refractivity contribution in [3.8, 4) is 11.5 Å². The molecule has 1 aliphatic heterocycles. The van der Waals surface area contributed by atoms with Gasteiger partial charge in [0, 0.05) is 23.8 Å². The monoisotopic (exact) mass is 660 g/mol. The van der Waals surface area contributed by atoms with Crippen molar-refractivity contribution in [3.05, 3.63) is 98.9 Å². The molecular weight excluding hydrogens is 624 g/mol. The van der Waals surface area contributed by atoms with Crippen molar-refractivity contribution >= 4 is 34.6 Å². The number of methoxy groups -OCH3 is 1. The number of rotatable bonds is 7. The predicted molar refractivity (Wildman–Crippen MR) is 173 cm³/mol. The number of anilines is 1. The average molecular weight is 661 g/mol. The molecule has 0 aliphatic carbocycles. The molecule has 1 fully saturated rings. The molecule has 0 saturated carbocycles. The molecule has 0 radical (unpaired) electrons. The van der Waals surface area contributed by atoms with Crippen LogP contribution < -0.4 is 21.0 Å². The number of hydrogen-bond donors (Lipinski definition) is 3. The summed E-state index contributed by atoms with van der Waals surface area (Å²) < 4.78 is 28.2. The summed E-state index contributed by atoms with van der Waals surface area (Å²) in [6.45, 7) is 8.49. The lowest BCUT2D eigenvalue weighted by atomic mass is 9.89. The van der Waals surface area contributed by atoms with Crippen LogP contribution in [0.4, 0.5) is 10.5 Å². The van der Waals surface area contributed by atoms with E-state index < -0.39 is 65.2 Å². The number of amides is 3. The first-order valence-corrected chi connectivity index (χ1v) is 15.0. The molecule has 4 N–H and O–H groups in total. The maximum absolute atomic E-state index is 13.9. The Kier molecular flexibility index (Phi) is 9.31. The van der Waals surface area contributed by atoms with E-state index in [-0.39, 0.29) is 33.4 Å². The number of nitrogens with zero attached hydrogens (tertiary/aromatic N) is 1. The summed E-state index contributed by atoms with van der Waals surface area (Å²) in [5.74, 6) is -2.31. The Morgan fingerprint density at radius 2 is 1.44 bits per heavy atom. The van der Waals surface area contributed by atoms with Gasteiger partial charge in [0.1, 0.15) is 17.4 Å². The third-order valence-electron chi connectivity index (χ3n) is 8.22. The van der Waals surface area contributed by atoms with Crippen molar-refractivity contribution in [2.75, 3.05) is 12.0 Å². The molecule has 3 aromatic carbocycles. The molecule has 2 heterocycles. The Labute approximate surface area is 275 Å². The van der Waals surface area contributed by atoms with Gasteiger partial charge in [-0.2, -0.15) is 0 Å². The fourth-order valence-electron chi connectivity index (χ4n) is 5.70. The molecule has 0 unspecified atom stereocenters. The number of aliphatic hydroxyl groups is 1. The summed E-state index contributed by atoms with van der Waals surface area (Å²) in [5.41, 5.74) is 4.30. The zero-order valence-electron chi connectivity index (χ0n) is 27.2. The molecule has 1 saturated heterocycles. The van der Waals surface area contributed by atoms with Gasteiger partial charge >= 0.3 is 11.7 Å². The normalized spacial score (nSPS) is 20.2. The summed E-state index contributed by atoms with van der Waals surface area (Å²) in [7, 11) is 1.36. The first-order chi connectivity index (χ1) is 22.6. The van der Waals surface area contributed by atoms with Gasteiger partial charge < -0.3 is 39.3 Å². The van der Waals surface area contributed by atoms with Crippen LogP contribution in [0.1, 0.15) is 51.3 Å². The van der Waals surface area contributed by atoms with E-state index in [1.807, 2.05) is 13.8 Å². The molecule has 13 nitrogen and oxygen atoms in total. The number of primary amides is 1. The van der Waals surface area contributed by atoms with Crippen LogP contribution >= 0.6 is 0 Å². The molecule has 5 rings (SSSR count). The molecule has 0 spiro atoms. The predicted octanol–water partition coefficient (Wildman–Crippen LogP) is 4.26. The summed E-state index contributed by atoms with van der Waals surface area (Å²) in [6, 6.07) is 15.6. The maximum atomic E-state index is 13.9. The third kappa shape index (κ3) is 6.35. The van der Waals surface area contributed by atoms with E-state index in [1.165, 1.54) is 50.4 Å². The Balaban J connectivity index is 1.58. The van der Waals surface area contributed by atoms with Gasteiger partial charge in [-0.25, -0.2) is 14.5 Å². The number of aromatic hydroxyl groups is 1. The average Bonchev–Trinajstić information content (AvgIpc) is 3.03. The lowest BCUT2D eigenvalue weighted by Crippen LogP contribution is -2.65. The van der Waals surface area contributed by atoms with Gasteiger partial charge in [0.25, 0.3) is 11.8 Å². The number of nitrogens with two attached hydrogens (primary N) is 1. The van der Waals surface area contributed by atoms with Gasteiger partial charge in [-0.05, 0) is 71.0 Å². The summed E-state index contributed by atoms with van der Waals surface area (Å²) >= 11 is 0. The largest absolute Gasteiger partial charge is 0.505 e. The number of aryl methyl sites for hydroxylation is 3. The number of benzene rings is 3. The first kappa shape index (κ1) is 34.1. The molecule has 4 aromatic rings. The number of aliphatic hydroxyl groups excluding tert-OH is 1. The van der Waals surface area contributed by atoms with Crippen molar-refractivity contribution in [2.24, 2.45) is 5.73 Å². The number of carbonyl (C=O) groups excluding carboxylic acids is 3. The van der Waals surface area contributed by atoms with Crippen molar-refractivity contribution < 1.29 is 48.0 Å². The molecule has 1 aromatic heterocycles. The van der Waals surface area contributed by atoms with Gasteiger partial charge in [-0.15, -0.1) is 0 Å². The van der Waals surface area contributed by atoms with Crippen LogP contribution in [0.3, 0.4) is 0 Å². The van der Waals surface area contributed by atoms with E-state index in [9.17, 15) is 29.4 Å². The van der Waals surface area contributed by atoms with Crippen LogP contribution in [0.2, 0.25) is 0 Å². The van der Waals surface area contributed by atoms with E-state index in [4.69, 9.17) is 29.1 Å². The zero-order valence-corrected chi connectivity index (χ0v) is 27.2.